The predicted octanol–water partition coefficient (Wildman–Crippen LogP) is 7.15. The van der Waals surface area contributed by atoms with Crippen LogP contribution in [0.25, 0.3) is 22.0 Å². The number of rotatable bonds is 8. The van der Waals surface area contributed by atoms with Gasteiger partial charge in [-0.2, -0.15) is 18.4 Å². The van der Waals surface area contributed by atoms with Crippen LogP contribution in [0.15, 0.2) is 54.7 Å². The Morgan fingerprint density at radius 2 is 1.70 bits per heavy atom. The SMILES string of the molecule is CC(Nc1cc(F)c(C(=O)N[C@@H](Cc2ccc(-c3c(Cl)cc(C#N)cc3Cl)c3ncccc23)C(=O)O)c(F)c1)C(F)(F)F. The molecule has 43 heavy (non-hydrogen) atoms. The van der Waals surface area contributed by atoms with Gasteiger partial charge in [-0.05, 0) is 42.8 Å². The number of benzene rings is 3. The second-order valence-electron chi connectivity index (χ2n) is 9.39. The summed E-state index contributed by atoms with van der Waals surface area (Å²) in [6.07, 6.45) is -3.56. The minimum absolute atomic E-state index is 0.178. The number of pyridine rings is 1. The normalized spacial score (nSPS) is 12.8. The second-order valence-corrected chi connectivity index (χ2v) is 10.2. The van der Waals surface area contributed by atoms with Gasteiger partial charge in [-0.25, -0.2) is 13.6 Å². The molecule has 3 N–H and O–H groups in total. The van der Waals surface area contributed by atoms with E-state index in [1.54, 1.807) is 24.3 Å². The van der Waals surface area contributed by atoms with Crippen molar-refractivity contribution in [2.45, 2.75) is 31.6 Å². The Labute approximate surface area is 250 Å². The number of fused-ring (bicyclic) bond motifs is 1. The number of hydrogen-bond donors (Lipinski definition) is 3. The van der Waals surface area contributed by atoms with Gasteiger partial charge in [0.15, 0.2) is 0 Å². The quantitative estimate of drug-likeness (QED) is 0.177. The van der Waals surface area contributed by atoms with Crippen LogP contribution in [0, 0.1) is 23.0 Å². The lowest BCUT2D eigenvalue weighted by Crippen LogP contribution is -2.43. The van der Waals surface area contributed by atoms with Crippen molar-refractivity contribution >= 4 is 51.7 Å². The van der Waals surface area contributed by atoms with E-state index in [-0.39, 0.29) is 22.0 Å². The first-order valence-corrected chi connectivity index (χ1v) is 13.1. The highest BCUT2D eigenvalue weighted by Gasteiger charge is 2.36. The highest BCUT2D eigenvalue weighted by molar-refractivity contribution is 6.40. The van der Waals surface area contributed by atoms with Crippen LogP contribution in [0.2, 0.25) is 10.0 Å². The number of aliphatic carboxylic acids is 1. The monoisotopic (exact) mass is 636 g/mol. The highest BCUT2D eigenvalue weighted by atomic mass is 35.5. The van der Waals surface area contributed by atoms with E-state index < -0.39 is 53.0 Å². The first kappa shape index (κ1) is 31.5. The third-order valence-electron chi connectivity index (χ3n) is 6.47. The first-order chi connectivity index (χ1) is 20.2. The molecule has 0 saturated heterocycles. The zero-order chi connectivity index (χ0) is 31.6. The predicted molar refractivity (Wildman–Crippen MR) is 150 cm³/mol. The first-order valence-electron chi connectivity index (χ1n) is 12.3. The van der Waals surface area contributed by atoms with Crippen LogP contribution < -0.4 is 10.6 Å². The third kappa shape index (κ3) is 6.79. The largest absolute Gasteiger partial charge is 0.480 e. The van der Waals surface area contributed by atoms with Crippen molar-refractivity contribution in [1.29, 1.82) is 5.26 Å². The standard InChI is InChI=1S/C29H19Cl2F5N4O3/c1-13(29(34,35)36)39-16-10-21(32)25(22(33)11-16)27(41)40-23(28(42)43)9-15-4-5-18(26-17(15)3-2-6-38-26)24-19(30)7-14(12-37)8-20(24)31/h2-8,10-11,13,23,39H,9H2,1H3,(H,40,41)(H,42,43)/t13?,23-/m0/s1. The number of carbonyl (C=O) groups excluding carboxylic acids is 1. The lowest BCUT2D eigenvalue weighted by Gasteiger charge is -2.20. The molecule has 4 rings (SSSR count). The van der Waals surface area contributed by atoms with Gasteiger partial charge in [-0.1, -0.05) is 41.4 Å². The number of hydrogen-bond acceptors (Lipinski definition) is 5. The molecule has 3 aromatic carbocycles. The molecule has 0 aliphatic heterocycles. The number of halogens is 7. The summed E-state index contributed by atoms with van der Waals surface area (Å²) in [6.45, 7) is 0.743. The molecule has 4 aromatic rings. The van der Waals surface area contributed by atoms with E-state index >= 15 is 0 Å². The van der Waals surface area contributed by atoms with E-state index in [4.69, 9.17) is 23.2 Å². The van der Waals surface area contributed by atoms with E-state index in [2.05, 4.69) is 10.3 Å². The number of nitrogens with one attached hydrogen (secondary N) is 2. The molecule has 1 amide bonds. The highest BCUT2D eigenvalue weighted by Crippen LogP contribution is 2.39. The van der Waals surface area contributed by atoms with Gasteiger partial charge in [0, 0.05) is 34.8 Å². The van der Waals surface area contributed by atoms with Gasteiger partial charge in [0.1, 0.15) is 29.3 Å². The number of alkyl halides is 3. The number of nitrogens with zero attached hydrogens (tertiary/aromatic N) is 2. The number of carboxylic acids is 1. The number of aromatic nitrogens is 1. The molecular formula is C29H19Cl2F5N4O3. The zero-order valence-corrected chi connectivity index (χ0v) is 23.4. The molecule has 2 atom stereocenters. The van der Waals surface area contributed by atoms with Gasteiger partial charge in [-0.15, -0.1) is 0 Å². The molecule has 222 valence electrons. The summed E-state index contributed by atoms with van der Waals surface area (Å²) >= 11 is 12.8. The smallest absolute Gasteiger partial charge is 0.408 e. The molecule has 0 spiro atoms. The number of carbonyl (C=O) groups is 2. The summed E-state index contributed by atoms with van der Waals surface area (Å²) in [5.41, 5.74) is 0.138. The van der Waals surface area contributed by atoms with Crippen LogP contribution >= 0.6 is 23.2 Å². The molecule has 0 saturated carbocycles. The van der Waals surface area contributed by atoms with E-state index in [0.29, 0.717) is 39.7 Å². The van der Waals surface area contributed by atoms with Crippen LogP contribution in [0.5, 0.6) is 0 Å². The molecule has 0 aliphatic carbocycles. The minimum Gasteiger partial charge on any atom is -0.480 e. The van der Waals surface area contributed by atoms with Crippen LogP contribution in [-0.2, 0) is 11.2 Å². The fourth-order valence-electron chi connectivity index (χ4n) is 4.36. The topological polar surface area (TPSA) is 115 Å². The maximum absolute atomic E-state index is 14.7. The van der Waals surface area contributed by atoms with Crippen molar-refractivity contribution < 1.29 is 36.6 Å². The maximum Gasteiger partial charge on any atom is 0.408 e. The Hall–Kier alpha value is -4.47. The molecule has 0 fully saturated rings. The van der Waals surface area contributed by atoms with Gasteiger partial charge >= 0.3 is 12.1 Å². The van der Waals surface area contributed by atoms with Crippen molar-refractivity contribution in [2.24, 2.45) is 0 Å². The summed E-state index contributed by atoms with van der Waals surface area (Å²) in [4.78, 5) is 29.3. The van der Waals surface area contributed by atoms with E-state index in [1.165, 1.54) is 18.3 Å². The van der Waals surface area contributed by atoms with Gasteiger partial charge in [-0.3, -0.25) is 9.78 Å². The Balaban J connectivity index is 1.65. The minimum atomic E-state index is -4.70. The van der Waals surface area contributed by atoms with Crippen molar-refractivity contribution in [3.8, 4) is 17.2 Å². The summed E-state index contributed by atoms with van der Waals surface area (Å²) < 4.78 is 67.8. The Morgan fingerprint density at radius 3 is 2.26 bits per heavy atom. The molecule has 1 heterocycles. The summed E-state index contributed by atoms with van der Waals surface area (Å²) in [6, 6.07) is 8.37. The lowest BCUT2D eigenvalue weighted by molar-refractivity contribution is -0.139. The third-order valence-corrected chi connectivity index (χ3v) is 7.07. The summed E-state index contributed by atoms with van der Waals surface area (Å²) in [5.74, 6) is -5.93. The van der Waals surface area contributed by atoms with Crippen LogP contribution in [-0.4, -0.2) is 40.2 Å². The molecule has 1 unspecified atom stereocenters. The fourth-order valence-corrected chi connectivity index (χ4v) is 5.05. The molecular weight excluding hydrogens is 618 g/mol. The molecule has 0 bridgehead atoms. The Morgan fingerprint density at radius 1 is 1.07 bits per heavy atom. The lowest BCUT2D eigenvalue weighted by atomic mass is 9.94. The zero-order valence-electron chi connectivity index (χ0n) is 21.9. The second kappa shape index (κ2) is 12.4. The van der Waals surface area contributed by atoms with Crippen molar-refractivity contribution in [2.75, 3.05) is 5.32 Å². The van der Waals surface area contributed by atoms with Crippen molar-refractivity contribution in [3.63, 3.8) is 0 Å². The molecule has 14 heteroatoms. The maximum atomic E-state index is 14.7. The fraction of sp³-hybridized carbons (Fsp3) is 0.172. The van der Waals surface area contributed by atoms with Crippen molar-refractivity contribution in [1.82, 2.24) is 10.3 Å². The van der Waals surface area contributed by atoms with E-state index in [9.17, 15) is 41.9 Å². The number of amides is 1. The summed E-state index contributed by atoms with van der Waals surface area (Å²) in [7, 11) is 0. The summed E-state index contributed by atoms with van der Waals surface area (Å²) in [5, 5.41) is 23.8. The molecule has 7 nitrogen and oxygen atoms in total. The van der Waals surface area contributed by atoms with Crippen LogP contribution in [0.1, 0.15) is 28.4 Å². The van der Waals surface area contributed by atoms with Crippen LogP contribution in [0.4, 0.5) is 27.6 Å². The molecule has 1 aromatic heterocycles. The average molecular weight is 637 g/mol. The van der Waals surface area contributed by atoms with Gasteiger partial charge in [0.25, 0.3) is 5.91 Å². The molecule has 0 aliphatic rings. The van der Waals surface area contributed by atoms with E-state index in [0.717, 1.165) is 6.92 Å². The number of carboxylic acid groups (broad SMARTS) is 1. The van der Waals surface area contributed by atoms with Gasteiger partial charge in [0.2, 0.25) is 0 Å². The Kier molecular flexibility index (Phi) is 9.08. The van der Waals surface area contributed by atoms with Gasteiger partial charge < -0.3 is 15.7 Å². The van der Waals surface area contributed by atoms with Crippen LogP contribution in [0.3, 0.4) is 0 Å². The average Bonchev–Trinajstić information content (AvgIpc) is 2.92. The number of anilines is 1. The van der Waals surface area contributed by atoms with E-state index in [1.807, 2.05) is 11.4 Å². The van der Waals surface area contributed by atoms with Crippen molar-refractivity contribution in [3.05, 3.63) is 93.1 Å². The number of nitriles is 1. The molecule has 0 radical (unpaired) electrons. The van der Waals surface area contributed by atoms with Gasteiger partial charge in [0.05, 0.1) is 27.2 Å². The Bertz CT molecular complexity index is 1750.